The van der Waals surface area contributed by atoms with Gasteiger partial charge in [0.25, 0.3) is 0 Å². The van der Waals surface area contributed by atoms with E-state index >= 15 is 0 Å². The highest BCUT2D eigenvalue weighted by Gasteiger charge is 2.58. The Balaban J connectivity index is 1.49. The van der Waals surface area contributed by atoms with Gasteiger partial charge in [0.15, 0.2) is 25.0 Å². The Morgan fingerprint density at radius 1 is 0.449 bits per heavy atom. The summed E-state index contributed by atoms with van der Waals surface area (Å²) in [7, 11) is -5.75. The summed E-state index contributed by atoms with van der Waals surface area (Å²) in [6.07, 6.45) is -13.8. The molecule has 0 aromatic carbocycles. The first-order valence-corrected chi connectivity index (χ1v) is 33.7. The second-order valence-corrected chi connectivity index (χ2v) is 25.1. The fraction of sp³-hybridized carbons (Fsp3) is 0.900. The van der Waals surface area contributed by atoms with Crippen molar-refractivity contribution in [3.8, 4) is 0 Å². The largest absolute Gasteiger partial charge is 0.472 e. The predicted octanol–water partition coefficient (Wildman–Crippen LogP) is 1.14. The van der Waals surface area contributed by atoms with Crippen LogP contribution in [-0.4, -0.2) is 256 Å². The van der Waals surface area contributed by atoms with E-state index in [1.165, 1.54) is 51.4 Å². The van der Waals surface area contributed by atoms with Crippen LogP contribution in [0.3, 0.4) is 0 Å². The van der Waals surface area contributed by atoms with Crippen molar-refractivity contribution in [2.45, 2.75) is 309 Å². The van der Waals surface area contributed by atoms with E-state index in [0.717, 1.165) is 77.0 Å². The molecule has 28 nitrogen and oxygen atoms in total. The molecule has 23 atom stereocenters. The van der Waals surface area contributed by atoms with Crippen LogP contribution in [0.5, 0.6) is 0 Å². The van der Waals surface area contributed by atoms with Crippen molar-refractivity contribution in [1.29, 1.82) is 0 Å². The molecule has 1 aliphatic carbocycles. The van der Waals surface area contributed by atoms with E-state index in [2.05, 4.69) is 38.2 Å². The number of hydrogen-bond acceptors (Lipinski definition) is 27. The van der Waals surface area contributed by atoms with Crippen LogP contribution in [0.15, 0.2) is 24.3 Å². The molecule has 3 aliphatic heterocycles. The molecule has 15 N–H and O–H groups in total. The number of phosphoric acid groups is 1. The lowest BCUT2D eigenvalue weighted by atomic mass is 9.84. The van der Waals surface area contributed by atoms with Crippen molar-refractivity contribution in [3.05, 3.63) is 24.3 Å². The molecule has 29 heteroatoms. The van der Waals surface area contributed by atoms with Gasteiger partial charge in [-0.2, -0.15) is 0 Å². The summed E-state index contributed by atoms with van der Waals surface area (Å²) in [5.74, 6) is -1.42. The van der Waals surface area contributed by atoms with Gasteiger partial charge in [0.05, 0.1) is 26.4 Å². The Labute approximate surface area is 522 Å². The van der Waals surface area contributed by atoms with Crippen LogP contribution in [-0.2, 0) is 61.1 Å². The molecule has 0 amide bonds. The van der Waals surface area contributed by atoms with Crippen molar-refractivity contribution in [3.63, 3.8) is 0 Å². The lowest BCUT2D eigenvalue weighted by Gasteiger charge is -2.49. The summed E-state index contributed by atoms with van der Waals surface area (Å²) in [6, 6.07) is 0. The van der Waals surface area contributed by atoms with Crippen molar-refractivity contribution >= 4 is 19.8 Å². The minimum Gasteiger partial charge on any atom is -0.462 e. The van der Waals surface area contributed by atoms with Gasteiger partial charge in [-0.25, -0.2) is 4.57 Å². The van der Waals surface area contributed by atoms with E-state index < -0.39 is 188 Å². The molecule has 89 heavy (non-hydrogen) atoms. The van der Waals surface area contributed by atoms with Crippen LogP contribution in [0.25, 0.3) is 0 Å². The van der Waals surface area contributed by atoms with Gasteiger partial charge in [-0.05, 0) is 44.9 Å². The third kappa shape index (κ3) is 26.8. The number of rotatable bonds is 44. The molecular formula is C60H107O28P. The lowest BCUT2D eigenvalue weighted by Crippen LogP contribution is -2.69. The number of aliphatic hydroxyl groups excluding tert-OH is 14. The maximum Gasteiger partial charge on any atom is 0.472 e. The van der Waals surface area contributed by atoms with E-state index in [4.69, 9.17) is 46.9 Å². The number of phosphoric ester groups is 1. The minimum absolute atomic E-state index is 0.00335. The summed E-state index contributed by atoms with van der Waals surface area (Å²) in [4.78, 5) is 37.8. The highest BCUT2D eigenvalue weighted by atomic mass is 31.2. The highest BCUT2D eigenvalue weighted by molar-refractivity contribution is 7.47. The summed E-state index contributed by atoms with van der Waals surface area (Å²) in [5, 5.41) is 150. The molecule has 0 spiro atoms. The first kappa shape index (κ1) is 79.2. The van der Waals surface area contributed by atoms with Crippen LogP contribution >= 0.6 is 7.82 Å². The summed E-state index contributed by atoms with van der Waals surface area (Å²) >= 11 is 0. The third-order valence-corrected chi connectivity index (χ3v) is 17.4. The van der Waals surface area contributed by atoms with Crippen LogP contribution in [0.2, 0.25) is 0 Å². The van der Waals surface area contributed by atoms with Crippen LogP contribution in [0, 0.1) is 0 Å². The fourth-order valence-electron chi connectivity index (χ4n) is 10.8. The van der Waals surface area contributed by atoms with Crippen molar-refractivity contribution in [2.75, 3.05) is 33.0 Å². The molecule has 0 aromatic heterocycles. The summed E-state index contributed by atoms with van der Waals surface area (Å²) < 4.78 is 69.7. The zero-order valence-corrected chi connectivity index (χ0v) is 52.6. The van der Waals surface area contributed by atoms with E-state index in [0.29, 0.717) is 19.3 Å². The Hall–Kier alpha value is -2.27. The van der Waals surface area contributed by atoms with E-state index in [9.17, 15) is 90.5 Å². The number of allylic oxidation sites excluding steroid dienone is 4. The number of ether oxygens (including phenoxy) is 8. The van der Waals surface area contributed by atoms with Crippen LogP contribution < -0.4 is 0 Å². The fourth-order valence-corrected chi connectivity index (χ4v) is 11.8. The van der Waals surface area contributed by atoms with Crippen molar-refractivity contribution in [1.82, 2.24) is 0 Å². The first-order valence-electron chi connectivity index (χ1n) is 32.2. The Bertz CT molecular complexity index is 2020. The second kappa shape index (κ2) is 42.9. The monoisotopic (exact) mass is 1310 g/mol. The maximum absolute atomic E-state index is 14.2. The molecular weight excluding hydrogens is 1200 g/mol. The molecule has 10 unspecified atom stereocenters. The van der Waals surface area contributed by atoms with Gasteiger partial charge in [-0.1, -0.05) is 141 Å². The Morgan fingerprint density at radius 2 is 0.843 bits per heavy atom. The number of esters is 2. The highest BCUT2D eigenvalue weighted by Crippen LogP contribution is 2.49. The second-order valence-electron chi connectivity index (χ2n) is 23.7. The normalized spacial score (nSPS) is 34.6. The molecule has 0 radical (unpaired) electrons. The third-order valence-electron chi connectivity index (χ3n) is 16.4. The average molecular weight is 1310 g/mol. The smallest absolute Gasteiger partial charge is 0.462 e. The van der Waals surface area contributed by atoms with Crippen molar-refractivity contribution in [2.24, 2.45) is 0 Å². The first-order chi connectivity index (χ1) is 42.6. The van der Waals surface area contributed by atoms with Gasteiger partial charge >= 0.3 is 19.8 Å². The molecule has 1 saturated carbocycles. The average Bonchev–Trinajstić information content (AvgIpc) is 0.901. The van der Waals surface area contributed by atoms with Gasteiger partial charge in [0.1, 0.15) is 116 Å². The number of aliphatic hydroxyl groups is 14. The quantitative estimate of drug-likeness (QED) is 0.0176. The predicted molar refractivity (Wildman–Crippen MR) is 314 cm³/mol. The van der Waals surface area contributed by atoms with Gasteiger partial charge < -0.3 is 114 Å². The van der Waals surface area contributed by atoms with Gasteiger partial charge in [0, 0.05) is 12.8 Å². The topological polar surface area (TPSA) is 447 Å². The van der Waals surface area contributed by atoms with E-state index in [-0.39, 0.29) is 12.8 Å². The zero-order valence-electron chi connectivity index (χ0n) is 51.7. The van der Waals surface area contributed by atoms with E-state index in [1.54, 1.807) is 0 Å². The summed E-state index contributed by atoms with van der Waals surface area (Å²) in [5.41, 5.74) is 0. The molecule has 0 bridgehead atoms. The summed E-state index contributed by atoms with van der Waals surface area (Å²) in [6.45, 7) is 0.00270. The van der Waals surface area contributed by atoms with Crippen LogP contribution in [0.1, 0.15) is 174 Å². The minimum atomic E-state index is -5.75. The molecule has 4 fully saturated rings. The molecule has 520 valence electrons. The zero-order chi connectivity index (χ0) is 65.5. The van der Waals surface area contributed by atoms with Gasteiger partial charge in [-0.3, -0.25) is 18.6 Å². The Morgan fingerprint density at radius 3 is 1.33 bits per heavy atom. The maximum atomic E-state index is 14.2. The number of unbranched alkanes of at least 4 members (excludes halogenated alkanes) is 19. The number of hydrogen-bond donors (Lipinski definition) is 15. The number of carbonyl (C=O) groups excluding carboxylic acids is 2. The van der Waals surface area contributed by atoms with Crippen LogP contribution in [0.4, 0.5) is 0 Å². The SMILES string of the molecule is CCCCCC/C=C\C/C=C\CCCCCCCC(=O)OC[C@H](COP(=O)(O)O[C@@H]1C(O[C@@H]2OC(CO[C@@H]3OC(CO)[C@H](O)C(O)[C@@H]3O)[C@H](O)C(O)[C@@H]2O)C(O)[C@@H](O)C(O)[C@H]1O[C@H]1OC(CO)[C@@H](O)C(O)[C@H]1O)OC(=O)CCCCCCCCCCCCC. The number of carbonyl (C=O) groups is 2. The van der Waals surface area contributed by atoms with Gasteiger partial charge in [-0.15, -0.1) is 0 Å². The molecule has 0 aromatic rings. The van der Waals surface area contributed by atoms with Crippen molar-refractivity contribution < 1.29 is 137 Å². The Kier molecular flexibility index (Phi) is 38.2. The molecule has 4 rings (SSSR count). The van der Waals surface area contributed by atoms with Gasteiger partial charge in [0.2, 0.25) is 0 Å². The standard InChI is InChI=1S/C60H107O28P/c1-3-5-7-9-11-13-15-16-17-18-19-21-22-24-26-28-30-41(63)79-34-37(82-42(64)31-29-27-25-23-20-14-12-10-8-6-4-2)35-81-89(77,78)88-57-55(86-59-53(75)47(69)44(66)39(33-62)84-59)50(72)49(71)51(73)56(57)87-60-54(76)48(70)45(67)40(85-60)36-80-58-52(74)46(68)43(65)38(32-61)83-58/h13,15,17-18,37-40,43-62,65-76H,3-12,14,16,19-36H2,1-2H3,(H,77,78)/b15-13-,18-17-/t37-,38?,39?,40?,43+,44-,45+,46?,47?,48?,49+,50?,51?,52+,53-,54+,55-,56?,57+,58-,59-,60+/m1/s1. The lowest BCUT2D eigenvalue weighted by molar-refractivity contribution is -0.364. The molecule has 3 saturated heterocycles. The molecule has 3 heterocycles. The van der Waals surface area contributed by atoms with E-state index in [1.807, 2.05) is 0 Å². The molecule has 4 aliphatic rings.